The molecule has 1 atom stereocenters. The van der Waals surface area contributed by atoms with Crippen molar-refractivity contribution in [3.63, 3.8) is 0 Å². The molecule has 96 valence electrons. The number of piperidine rings is 1. The first-order valence-corrected chi connectivity index (χ1v) is 7.64. The van der Waals surface area contributed by atoms with Gasteiger partial charge in [-0.3, -0.25) is 0 Å². The zero-order chi connectivity index (χ0) is 12.5. The lowest BCUT2D eigenvalue weighted by molar-refractivity contribution is 0.284. The molecule has 2 rings (SSSR count). The average Bonchev–Trinajstić information content (AvgIpc) is 3.10. The molecule has 1 N–H and O–H groups in total. The van der Waals surface area contributed by atoms with Crippen LogP contribution in [0.1, 0.15) is 32.6 Å². The van der Waals surface area contributed by atoms with Crippen molar-refractivity contribution in [1.82, 2.24) is 9.03 Å². The summed E-state index contributed by atoms with van der Waals surface area (Å²) >= 11 is 0. The van der Waals surface area contributed by atoms with Gasteiger partial charge in [0.2, 0.25) is 0 Å². The molecule has 0 radical (unpaired) electrons. The summed E-state index contributed by atoms with van der Waals surface area (Å²) < 4.78 is 28.1. The summed E-state index contributed by atoms with van der Waals surface area (Å²) in [7, 11) is -3.46. The highest BCUT2D eigenvalue weighted by atomic mass is 32.2. The molecular formula is C11H19N3O2S. The lowest BCUT2D eigenvalue weighted by atomic mass is 10.0. The van der Waals surface area contributed by atoms with Crippen LogP contribution < -0.4 is 4.72 Å². The van der Waals surface area contributed by atoms with Crippen LogP contribution >= 0.6 is 0 Å². The average molecular weight is 257 g/mol. The van der Waals surface area contributed by atoms with Crippen molar-refractivity contribution in [2.24, 2.45) is 11.8 Å². The van der Waals surface area contributed by atoms with Gasteiger partial charge in [0.25, 0.3) is 10.2 Å². The molecule has 0 aromatic rings. The zero-order valence-corrected chi connectivity index (χ0v) is 10.9. The van der Waals surface area contributed by atoms with Gasteiger partial charge in [0, 0.05) is 13.1 Å². The van der Waals surface area contributed by atoms with Gasteiger partial charge in [0.05, 0.1) is 6.07 Å². The first kappa shape index (κ1) is 12.8. The van der Waals surface area contributed by atoms with Crippen molar-refractivity contribution in [3.8, 4) is 6.07 Å². The smallest absolute Gasteiger partial charge is 0.197 e. The largest absolute Gasteiger partial charge is 0.280 e. The summed E-state index contributed by atoms with van der Waals surface area (Å²) in [5.74, 6) is 0.815. The Balaban J connectivity index is 1.96. The first-order valence-electron chi connectivity index (χ1n) is 6.20. The maximum Gasteiger partial charge on any atom is 0.280 e. The normalized spacial score (nSPS) is 25.4. The van der Waals surface area contributed by atoms with Crippen molar-refractivity contribution < 1.29 is 8.42 Å². The van der Waals surface area contributed by atoms with E-state index in [4.69, 9.17) is 5.26 Å². The zero-order valence-electron chi connectivity index (χ0n) is 10.1. The van der Waals surface area contributed by atoms with E-state index in [9.17, 15) is 8.42 Å². The highest BCUT2D eigenvalue weighted by Gasteiger charge is 2.36. The Bertz CT molecular complexity index is 403. The lowest BCUT2D eigenvalue weighted by Crippen LogP contribution is -2.48. The van der Waals surface area contributed by atoms with E-state index < -0.39 is 16.3 Å². The van der Waals surface area contributed by atoms with Crippen LogP contribution in [0.2, 0.25) is 0 Å². The highest BCUT2D eigenvalue weighted by Crippen LogP contribution is 2.33. The molecule has 1 heterocycles. The second kappa shape index (κ2) is 4.92. The molecule has 1 saturated carbocycles. The molecule has 6 heteroatoms. The number of rotatable bonds is 4. The Kier molecular flexibility index (Phi) is 3.71. The van der Waals surface area contributed by atoms with Gasteiger partial charge in [-0.25, -0.2) is 0 Å². The van der Waals surface area contributed by atoms with Crippen LogP contribution in [-0.2, 0) is 10.2 Å². The lowest BCUT2D eigenvalue weighted by Gasteiger charge is -2.30. The fraction of sp³-hybridized carbons (Fsp3) is 0.909. The monoisotopic (exact) mass is 257 g/mol. The second-order valence-corrected chi connectivity index (χ2v) is 6.85. The molecule has 1 saturated heterocycles. The van der Waals surface area contributed by atoms with Crippen LogP contribution in [-0.4, -0.2) is 31.9 Å². The molecule has 1 aliphatic heterocycles. The Morgan fingerprint density at radius 3 is 2.35 bits per heavy atom. The van der Waals surface area contributed by atoms with Crippen LogP contribution in [0, 0.1) is 23.2 Å². The van der Waals surface area contributed by atoms with Crippen molar-refractivity contribution in [1.29, 1.82) is 5.26 Å². The van der Waals surface area contributed by atoms with Gasteiger partial charge in [0.15, 0.2) is 0 Å². The Morgan fingerprint density at radius 1 is 1.29 bits per heavy atom. The minimum absolute atomic E-state index is 0.221. The number of nitrogens with one attached hydrogen (secondary N) is 1. The van der Waals surface area contributed by atoms with Crippen molar-refractivity contribution >= 4 is 10.2 Å². The van der Waals surface area contributed by atoms with Gasteiger partial charge >= 0.3 is 0 Å². The number of nitrogens with zero attached hydrogens (tertiary/aromatic N) is 2. The maximum atomic E-state index is 12.1. The number of hydrogen-bond donors (Lipinski definition) is 1. The molecule has 2 aliphatic rings. The third-order valence-electron chi connectivity index (χ3n) is 3.59. The Morgan fingerprint density at radius 2 is 1.88 bits per heavy atom. The van der Waals surface area contributed by atoms with E-state index >= 15 is 0 Å². The molecule has 0 aromatic heterocycles. The second-order valence-electron chi connectivity index (χ2n) is 5.15. The Hall–Kier alpha value is -0.640. The number of nitriles is 1. The molecule has 0 bridgehead atoms. The molecule has 0 aromatic carbocycles. The molecule has 1 aliphatic carbocycles. The number of hydrogen-bond acceptors (Lipinski definition) is 3. The fourth-order valence-electron chi connectivity index (χ4n) is 2.12. The predicted octanol–water partition coefficient (Wildman–Crippen LogP) is 0.855. The summed E-state index contributed by atoms with van der Waals surface area (Å²) in [6.07, 6.45) is 3.72. The van der Waals surface area contributed by atoms with Gasteiger partial charge in [-0.1, -0.05) is 6.92 Å². The maximum absolute atomic E-state index is 12.1. The van der Waals surface area contributed by atoms with E-state index in [0.717, 1.165) is 25.7 Å². The van der Waals surface area contributed by atoms with Gasteiger partial charge in [-0.15, -0.1) is 0 Å². The fourth-order valence-corrected chi connectivity index (χ4v) is 3.52. The minimum Gasteiger partial charge on any atom is -0.197 e. The summed E-state index contributed by atoms with van der Waals surface area (Å²) in [6, 6.07) is 1.51. The molecule has 2 fully saturated rings. The molecular weight excluding hydrogens is 238 g/mol. The molecule has 1 unspecified atom stereocenters. The van der Waals surface area contributed by atoms with Crippen LogP contribution in [0.5, 0.6) is 0 Å². The topological polar surface area (TPSA) is 73.2 Å². The summed E-state index contributed by atoms with van der Waals surface area (Å²) in [4.78, 5) is 0. The van der Waals surface area contributed by atoms with Crippen LogP contribution in [0.15, 0.2) is 0 Å². The van der Waals surface area contributed by atoms with Gasteiger partial charge in [-0.05, 0) is 37.5 Å². The van der Waals surface area contributed by atoms with Gasteiger partial charge < -0.3 is 0 Å². The minimum atomic E-state index is -3.46. The van der Waals surface area contributed by atoms with Crippen LogP contribution in [0.3, 0.4) is 0 Å². The third kappa shape index (κ3) is 3.18. The summed E-state index contributed by atoms with van der Waals surface area (Å²) in [6.45, 7) is 3.28. The van der Waals surface area contributed by atoms with Crippen LogP contribution in [0.4, 0.5) is 0 Å². The van der Waals surface area contributed by atoms with E-state index in [1.54, 1.807) is 0 Å². The van der Waals surface area contributed by atoms with Crippen molar-refractivity contribution in [2.45, 2.75) is 38.6 Å². The molecule has 0 amide bonds. The molecule has 17 heavy (non-hydrogen) atoms. The van der Waals surface area contributed by atoms with Crippen LogP contribution in [0.25, 0.3) is 0 Å². The Labute approximate surface area is 103 Å². The van der Waals surface area contributed by atoms with E-state index in [1.807, 2.05) is 0 Å². The van der Waals surface area contributed by atoms with E-state index in [-0.39, 0.29) is 5.92 Å². The van der Waals surface area contributed by atoms with Gasteiger partial charge in [0.1, 0.15) is 6.04 Å². The summed E-state index contributed by atoms with van der Waals surface area (Å²) in [5.41, 5.74) is 0. The van der Waals surface area contributed by atoms with E-state index in [2.05, 4.69) is 17.7 Å². The van der Waals surface area contributed by atoms with E-state index in [0.29, 0.717) is 19.0 Å². The standard InChI is InChI=1S/C11H19N3O2S/c1-9-4-6-14(7-5-9)17(15,16)13-11(8-12)10-2-3-10/h9-11,13H,2-7H2,1H3. The highest BCUT2D eigenvalue weighted by molar-refractivity contribution is 7.87. The predicted molar refractivity (Wildman–Crippen MR) is 64.2 cm³/mol. The quantitative estimate of drug-likeness (QED) is 0.811. The first-order chi connectivity index (χ1) is 8.03. The summed E-state index contributed by atoms with van der Waals surface area (Å²) in [5, 5.41) is 8.94. The van der Waals surface area contributed by atoms with Crippen molar-refractivity contribution in [3.05, 3.63) is 0 Å². The van der Waals surface area contributed by atoms with Gasteiger partial charge in [-0.2, -0.15) is 22.7 Å². The molecule has 5 nitrogen and oxygen atoms in total. The van der Waals surface area contributed by atoms with E-state index in [1.165, 1.54) is 4.31 Å². The molecule has 0 spiro atoms. The van der Waals surface area contributed by atoms with Crippen molar-refractivity contribution in [2.75, 3.05) is 13.1 Å². The SMILES string of the molecule is CC1CCN(S(=O)(=O)NC(C#N)C2CC2)CC1. The third-order valence-corrected chi connectivity index (χ3v) is 5.19.